The zero-order valence-corrected chi connectivity index (χ0v) is 10.2. The molecule has 1 unspecified atom stereocenters. The summed E-state index contributed by atoms with van der Waals surface area (Å²) in [5.41, 5.74) is 1.13. The van der Waals surface area contributed by atoms with E-state index in [-0.39, 0.29) is 0 Å². The van der Waals surface area contributed by atoms with Gasteiger partial charge in [-0.2, -0.15) is 0 Å². The van der Waals surface area contributed by atoms with E-state index in [9.17, 15) is 0 Å². The first-order valence-corrected chi connectivity index (χ1v) is 5.34. The van der Waals surface area contributed by atoms with Crippen LogP contribution in [0.25, 0.3) is 0 Å². The normalized spacial score (nSPS) is 13.5. The number of rotatable bonds is 4. The van der Waals surface area contributed by atoms with Crippen molar-refractivity contribution >= 4 is 12.2 Å². The van der Waals surface area contributed by atoms with Gasteiger partial charge in [0.05, 0.1) is 0 Å². The molecule has 1 N–H and O–H groups in total. The van der Waals surface area contributed by atoms with Crippen molar-refractivity contribution in [1.82, 2.24) is 14.5 Å². The fourth-order valence-electron chi connectivity index (χ4n) is 1.44. The van der Waals surface area contributed by atoms with Gasteiger partial charge in [-0.3, -0.25) is 0 Å². The van der Waals surface area contributed by atoms with Gasteiger partial charge in [0.15, 0.2) is 4.77 Å². The Balaban J connectivity index is 2.65. The summed E-state index contributed by atoms with van der Waals surface area (Å²) in [4.78, 5) is 5.33. The van der Waals surface area contributed by atoms with E-state index in [2.05, 4.69) is 41.7 Å². The predicted octanol–water partition coefficient (Wildman–Crippen LogP) is 2.37. The molecule has 0 radical (unpaired) electrons. The Labute approximate surface area is 90.7 Å². The van der Waals surface area contributed by atoms with Gasteiger partial charge in [-0.15, -0.1) is 0 Å². The van der Waals surface area contributed by atoms with E-state index in [1.807, 2.05) is 6.92 Å². The quantitative estimate of drug-likeness (QED) is 0.776. The maximum absolute atomic E-state index is 5.22. The molecule has 0 fully saturated rings. The van der Waals surface area contributed by atoms with Crippen LogP contribution in [0, 0.1) is 11.7 Å². The first-order valence-electron chi connectivity index (χ1n) is 4.93. The van der Waals surface area contributed by atoms with Crippen molar-refractivity contribution in [2.45, 2.75) is 26.3 Å². The van der Waals surface area contributed by atoms with Crippen LogP contribution in [-0.4, -0.2) is 35.1 Å². The summed E-state index contributed by atoms with van der Waals surface area (Å²) in [5, 5.41) is 0. The molecule has 80 valence electrons. The highest BCUT2D eigenvalue weighted by atomic mass is 32.1. The summed E-state index contributed by atoms with van der Waals surface area (Å²) in [5.74, 6) is 0. The van der Waals surface area contributed by atoms with Crippen LogP contribution < -0.4 is 0 Å². The van der Waals surface area contributed by atoms with Crippen LogP contribution in [0.4, 0.5) is 0 Å². The molecule has 0 spiro atoms. The lowest BCUT2D eigenvalue weighted by Gasteiger charge is -2.16. The van der Waals surface area contributed by atoms with E-state index >= 15 is 0 Å². The third kappa shape index (κ3) is 2.96. The van der Waals surface area contributed by atoms with Crippen molar-refractivity contribution in [3.05, 3.63) is 16.7 Å². The van der Waals surface area contributed by atoms with Crippen molar-refractivity contribution in [2.75, 3.05) is 20.6 Å². The molecule has 1 aromatic heterocycles. The van der Waals surface area contributed by atoms with E-state index in [0.717, 1.165) is 23.4 Å². The number of aryl methyl sites for hydroxylation is 1. The predicted molar refractivity (Wildman–Crippen MR) is 62.2 cm³/mol. The SMILES string of the molecule is Cc1cn(C(C)CCN(C)C)c(=S)[nH]1. The summed E-state index contributed by atoms with van der Waals surface area (Å²) in [6.07, 6.45) is 3.21. The molecule has 0 amide bonds. The van der Waals surface area contributed by atoms with Gasteiger partial charge in [0.25, 0.3) is 0 Å². The van der Waals surface area contributed by atoms with Crippen LogP contribution >= 0.6 is 12.2 Å². The molecular formula is C10H19N3S. The summed E-state index contributed by atoms with van der Waals surface area (Å²) in [6.45, 7) is 5.32. The number of nitrogens with one attached hydrogen (secondary N) is 1. The summed E-state index contributed by atoms with van der Waals surface area (Å²) >= 11 is 5.22. The second kappa shape index (κ2) is 4.75. The fraction of sp³-hybridized carbons (Fsp3) is 0.700. The van der Waals surface area contributed by atoms with Crippen LogP contribution in [0.3, 0.4) is 0 Å². The molecule has 4 heteroatoms. The van der Waals surface area contributed by atoms with Crippen molar-refractivity contribution in [1.29, 1.82) is 0 Å². The number of hydrogen-bond donors (Lipinski definition) is 1. The van der Waals surface area contributed by atoms with E-state index in [0.29, 0.717) is 6.04 Å². The number of aromatic nitrogens is 2. The van der Waals surface area contributed by atoms with Crippen LogP contribution in [0.15, 0.2) is 6.20 Å². The number of H-pyrrole nitrogens is 1. The van der Waals surface area contributed by atoms with Crippen LogP contribution in [0.5, 0.6) is 0 Å². The zero-order chi connectivity index (χ0) is 10.7. The van der Waals surface area contributed by atoms with Crippen molar-refractivity contribution < 1.29 is 0 Å². The van der Waals surface area contributed by atoms with Gasteiger partial charge in [-0.25, -0.2) is 0 Å². The Kier molecular flexibility index (Phi) is 3.89. The monoisotopic (exact) mass is 213 g/mol. The highest BCUT2D eigenvalue weighted by Crippen LogP contribution is 2.12. The highest BCUT2D eigenvalue weighted by Gasteiger charge is 2.06. The molecule has 0 saturated carbocycles. The number of nitrogens with zero attached hydrogens (tertiary/aromatic N) is 2. The summed E-state index contributed by atoms with van der Waals surface area (Å²) in [7, 11) is 4.18. The maximum Gasteiger partial charge on any atom is 0.177 e. The minimum atomic E-state index is 0.467. The third-order valence-corrected chi connectivity index (χ3v) is 2.65. The Morgan fingerprint density at radius 3 is 2.64 bits per heavy atom. The number of imidazole rings is 1. The Morgan fingerprint density at radius 1 is 1.57 bits per heavy atom. The zero-order valence-electron chi connectivity index (χ0n) is 9.37. The van der Waals surface area contributed by atoms with Gasteiger partial charge in [0.1, 0.15) is 0 Å². The lowest BCUT2D eigenvalue weighted by molar-refractivity contribution is 0.356. The van der Waals surface area contributed by atoms with Gasteiger partial charge in [-0.05, 0) is 53.1 Å². The van der Waals surface area contributed by atoms with Gasteiger partial charge in [0, 0.05) is 17.9 Å². The van der Waals surface area contributed by atoms with Gasteiger partial charge in [-0.1, -0.05) is 0 Å². The molecule has 0 aliphatic heterocycles. The molecule has 0 aliphatic carbocycles. The second-order valence-electron chi connectivity index (χ2n) is 4.09. The molecule has 0 bridgehead atoms. The summed E-state index contributed by atoms with van der Waals surface area (Å²) in [6, 6.07) is 0.467. The summed E-state index contributed by atoms with van der Waals surface area (Å²) < 4.78 is 2.96. The fourth-order valence-corrected chi connectivity index (χ4v) is 1.84. The van der Waals surface area contributed by atoms with E-state index < -0.39 is 0 Å². The minimum absolute atomic E-state index is 0.467. The molecule has 1 rings (SSSR count). The highest BCUT2D eigenvalue weighted by molar-refractivity contribution is 7.71. The van der Waals surface area contributed by atoms with Crippen molar-refractivity contribution in [2.24, 2.45) is 0 Å². The molecule has 1 aromatic rings. The standard InChI is InChI=1S/C10H19N3S/c1-8-7-13(10(14)11-8)9(2)5-6-12(3)4/h7,9H,5-6H2,1-4H3,(H,11,14). The number of aromatic amines is 1. The molecule has 1 heterocycles. The first kappa shape index (κ1) is 11.5. The molecule has 0 saturated heterocycles. The smallest absolute Gasteiger partial charge is 0.177 e. The van der Waals surface area contributed by atoms with Crippen molar-refractivity contribution in [3.8, 4) is 0 Å². The van der Waals surface area contributed by atoms with E-state index in [1.165, 1.54) is 0 Å². The van der Waals surface area contributed by atoms with Crippen molar-refractivity contribution in [3.63, 3.8) is 0 Å². The second-order valence-corrected chi connectivity index (χ2v) is 4.48. The topological polar surface area (TPSA) is 24.0 Å². The molecule has 1 atom stereocenters. The average molecular weight is 213 g/mol. The molecule has 3 nitrogen and oxygen atoms in total. The number of hydrogen-bond acceptors (Lipinski definition) is 2. The minimum Gasteiger partial charge on any atom is -0.335 e. The lowest BCUT2D eigenvalue weighted by Crippen LogP contribution is -2.17. The largest absolute Gasteiger partial charge is 0.335 e. The van der Waals surface area contributed by atoms with Gasteiger partial charge in [0.2, 0.25) is 0 Å². The van der Waals surface area contributed by atoms with Gasteiger partial charge < -0.3 is 14.5 Å². The third-order valence-electron chi connectivity index (χ3n) is 2.34. The van der Waals surface area contributed by atoms with E-state index in [4.69, 9.17) is 12.2 Å². The van der Waals surface area contributed by atoms with Crippen LogP contribution in [-0.2, 0) is 0 Å². The first-order chi connectivity index (χ1) is 6.50. The maximum atomic E-state index is 5.22. The Morgan fingerprint density at radius 2 is 2.21 bits per heavy atom. The average Bonchev–Trinajstić information content (AvgIpc) is 2.41. The Hall–Kier alpha value is -0.610. The lowest BCUT2D eigenvalue weighted by atomic mass is 10.2. The molecular weight excluding hydrogens is 194 g/mol. The molecule has 0 aromatic carbocycles. The Bertz CT molecular complexity index is 337. The molecule has 14 heavy (non-hydrogen) atoms. The van der Waals surface area contributed by atoms with Crippen LogP contribution in [0.1, 0.15) is 25.1 Å². The van der Waals surface area contributed by atoms with Gasteiger partial charge >= 0.3 is 0 Å². The molecule has 0 aliphatic rings. The van der Waals surface area contributed by atoms with E-state index in [1.54, 1.807) is 0 Å². The van der Waals surface area contributed by atoms with Crippen LogP contribution in [0.2, 0.25) is 0 Å².